The van der Waals surface area contributed by atoms with E-state index in [0.717, 1.165) is 24.7 Å². The van der Waals surface area contributed by atoms with Gasteiger partial charge in [0.25, 0.3) is 0 Å². The molecule has 0 aromatic heterocycles. The molecule has 0 spiro atoms. The topological polar surface area (TPSA) is 66.9 Å². The summed E-state index contributed by atoms with van der Waals surface area (Å²) in [6.45, 7) is 0.226. The van der Waals surface area contributed by atoms with Gasteiger partial charge in [-0.25, -0.2) is 0 Å². The van der Waals surface area contributed by atoms with Crippen LogP contribution in [0.1, 0.15) is 12.8 Å². The van der Waals surface area contributed by atoms with Crippen molar-refractivity contribution < 1.29 is 4.79 Å². The van der Waals surface area contributed by atoms with Crippen LogP contribution in [0.25, 0.3) is 0 Å². The van der Waals surface area contributed by atoms with E-state index in [4.69, 9.17) is 11.1 Å². The highest BCUT2D eigenvalue weighted by molar-refractivity contribution is 6.07. The summed E-state index contributed by atoms with van der Waals surface area (Å²) in [6, 6.07) is 0. The highest BCUT2D eigenvalue weighted by Crippen LogP contribution is 2.15. The number of aldehydes is 1. The molecule has 0 aliphatic heterocycles. The van der Waals surface area contributed by atoms with Gasteiger partial charge in [-0.2, -0.15) is 0 Å². The molecule has 0 heterocycles. The molecule has 70 valence electrons. The van der Waals surface area contributed by atoms with E-state index < -0.39 is 5.92 Å². The molecule has 0 saturated heterocycles. The molecule has 3 N–H and O–H groups in total. The fourth-order valence-electron chi connectivity index (χ4n) is 1.31. The fourth-order valence-corrected chi connectivity index (χ4v) is 1.31. The van der Waals surface area contributed by atoms with Gasteiger partial charge in [0.05, 0.1) is 5.92 Å². The molecule has 0 aromatic rings. The number of nitrogens with two attached hydrogens (primary N) is 1. The van der Waals surface area contributed by atoms with Gasteiger partial charge in [-0.1, -0.05) is 18.2 Å². The second-order valence-electron chi connectivity index (χ2n) is 3.05. The SMILES string of the molecule is N=C(C1=CC=CCC1)C(C=O)CN. The van der Waals surface area contributed by atoms with Crippen LogP contribution in [0.5, 0.6) is 0 Å². The zero-order valence-corrected chi connectivity index (χ0v) is 7.49. The van der Waals surface area contributed by atoms with E-state index in [0.29, 0.717) is 5.71 Å². The summed E-state index contributed by atoms with van der Waals surface area (Å²) in [5.41, 5.74) is 6.69. The van der Waals surface area contributed by atoms with Crippen molar-refractivity contribution in [3.63, 3.8) is 0 Å². The van der Waals surface area contributed by atoms with Crippen LogP contribution in [0.15, 0.2) is 23.8 Å². The summed E-state index contributed by atoms with van der Waals surface area (Å²) in [5, 5.41) is 7.73. The molecule has 3 heteroatoms. The Bertz CT molecular complexity index is 266. The zero-order valence-electron chi connectivity index (χ0n) is 7.49. The van der Waals surface area contributed by atoms with Crippen molar-refractivity contribution >= 4 is 12.0 Å². The number of carbonyl (C=O) groups is 1. The zero-order chi connectivity index (χ0) is 9.68. The van der Waals surface area contributed by atoms with Crippen molar-refractivity contribution in [2.75, 3.05) is 6.54 Å². The summed E-state index contributed by atoms with van der Waals surface area (Å²) >= 11 is 0. The van der Waals surface area contributed by atoms with Gasteiger partial charge in [-0.05, 0) is 18.4 Å². The number of allylic oxidation sites excluding steroid dienone is 4. The van der Waals surface area contributed by atoms with Crippen molar-refractivity contribution in [3.05, 3.63) is 23.8 Å². The summed E-state index contributed by atoms with van der Waals surface area (Å²) in [6.07, 6.45) is 8.41. The Hall–Kier alpha value is -1.22. The van der Waals surface area contributed by atoms with E-state index in [9.17, 15) is 4.79 Å². The lowest BCUT2D eigenvalue weighted by Gasteiger charge is -2.14. The van der Waals surface area contributed by atoms with Crippen molar-refractivity contribution in [1.82, 2.24) is 0 Å². The first-order chi connectivity index (χ1) is 6.29. The third-order valence-corrected chi connectivity index (χ3v) is 2.15. The first kappa shape index (κ1) is 9.86. The highest BCUT2D eigenvalue weighted by Gasteiger charge is 2.15. The van der Waals surface area contributed by atoms with E-state index in [1.165, 1.54) is 0 Å². The average Bonchev–Trinajstić information content (AvgIpc) is 2.21. The van der Waals surface area contributed by atoms with Crippen molar-refractivity contribution in [3.8, 4) is 0 Å². The molecule has 1 aliphatic carbocycles. The molecule has 1 aliphatic rings. The molecule has 0 saturated carbocycles. The Morgan fingerprint density at radius 3 is 3.00 bits per heavy atom. The van der Waals surface area contributed by atoms with Crippen LogP contribution in [0.4, 0.5) is 0 Å². The normalized spacial score (nSPS) is 17.8. The van der Waals surface area contributed by atoms with E-state index in [1.54, 1.807) is 0 Å². The predicted octanol–water partition coefficient (Wildman–Crippen LogP) is 1.06. The van der Waals surface area contributed by atoms with Crippen molar-refractivity contribution in [1.29, 1.82) is 5.41 Å². The molecular formula is C10H14N2O. The monoisotopic (exact) mass is 178 g/mol. The fraction of sp³-hybridized carbons (Fsp3) is 0.400. The minimum Gasteiger partial charge on any atom is -0.329 e. The van der Waals surface area contributed by atoms with Gasteiger partial charge in [0.1, 0.15) is 6.29 Å². The van der Waals surface area contributed by atoms with Crippen LogP contribution >= 0.6 is 0 Å². The van der Waals surface area contributed by atoms with Crippen LogP contribution in [-0.4, -0.2) is 18.5 Å². The van der Waals surface area contributed by atoms with E-state index in [1.807, 2.05) is 12.2 Å². The van der Waals surface area contributed by atoms with Crippen molar-refractivity contribution in [2.24, 2.45) is 11.7 Å². The predicted molar refractivity (Wildman–Crippen MR) is 52.8 cm³/mol. The number of carbonyl (C=O) groups excluding carboxylic acids is 1. The summed E-state index contributed by atoms with van der Waals surface area (Å²) in [7, 11) is 0. The summed E-state index contributed by atoms with van der Waals surface area (Å²) < 4.78 is 0. The molecule has 1 unspecified atom stereocenters. The Morgan fingerprint density at radius 2 is 2.54 bits per heavy atom. The quantitative estimate of drug-likeness (QED) is 0.499. The van der Waals surface area contributed by atoms with Gasteiger partial charge in [0.2, 0.25) is 0 Å². The van der Waals surface area contributed by atoms with Crippen LogP contribution in [-0.2, 0) is 4.79 Å². The Morgan fingerprint density at radius 1 is 1.77 bits per heavy atom. The molecular weight excluding hydrogens is 164 g/mol. The van der Waals surface area contributed by atoms with Crippen molar-refractivity contribution in [2.45, 2.75) is 12.8 Å². The van der Waals surface area contributed by atoms with Gasteiger partial charge in [-0.15, -0.1) is 0 Å². The summed E-state index contributed by atoms with van der Waals surface area (Å²) in [4.78, 5) is 10.6. The van der Waals surface area contributed by atoms with E-state index in [-0.39, 0.29) is 6.54 Å². The highest BCUT2D eigenvalue weighted by atomic mass is 16.1. The third kappa shape index (κ3) is 2.36. The number of hydrogen-bond acceptors (Lipinski definition) is 3. The Labute approximate surface area is 77.8 Å². The molecule has 0 bridgehead atoms. The lowest BCUT2D eigenvalue weighted by Crippen LogP contribution is -2.26. The van der Waals surface area contributed by atoms with Gasteiger partial charge >= 0.3 is 0 Å². The molecule has 0 aromatic carbocycles. The second-order valence-corrected chi connectivity index (χ2v) is 3.05. The molecule has 13 heavy (non-hydrogen) atoms. The number of rotatable bonds is 4. The molecule has 0 radical (unpaired) electrons. The first-order valence-electron chi connectivity index (χ1n) is 4.39. The van der Waals surface area contributed by atoms with Crippen LogP contribution in [0.3, 0.4) is 0 Å². The van der Waals surface area contributed by atoms with Gasteiger partial charge in [0.15, 0.2) is 0 Å². The first-order valence-corrected chi connectivity index (χ1v) is 4.39. The third-order valence-electron chi connectivity index (χ3n) is 2.15. The maximum Gasteiger partial charge on any atom is 0.130 e. The van der Waals surface area contributed by atoms with Crippen LogP contribution in [0, 0.1) is 11.3 Å². The molecule has 0 amide bonds. The maximum absolute atomic E-state index is 10.6. The number of nitrogens with one attached hydrogen (secondary N) is 1. The minimum absolute atomic E-state index is 0.226. The standard InChI is InChI=1S/C10H14N2O/c11-6-9(7-13)10(12)8-4-2-1-3-5-8/h1-2,4,7,9,12H,3,5-6,11H2. The van der Waals surface area contributed by atoms with Gasteiger partial charge in [-0.3, -0.25) is 0 Å². The average molecular weight is 178 g/mol. The Balaban J connectivity index is 2.70. The van der Waals surface area contributed by atoms with E-state index >= 15 is 0 Å². The maximum atomic E-state index is 10.6. The smallest absolute Gasteiger partial charge is 0.130 e. The molecule has 3 nitrogen and oxygen atoms in total. The molecule has 0 fully saturated rings. The second kappa shape index (κ2) is 4.72. The molecule has 1 rings (SSSR count). The van der Waals surface area contributed by atoms with Crippen LogP contribution < -0.4 is 5.73 Å². The van der Waals surface area contributed by atoms with Gasteiger partial charge in [0, 0.05) is 12.3 Å². The largest absolute Gasteiger partial charge is 0.329 e. The van der Waals surface area contributed by atoms with Crippen LogP contribution in [0.2, 0.25) is 0 Å². The molecule has 1 atom stereocenters. The lowest BCUT2D eigenvalue weighted by atomic mass is 9.92. The lowest BCUT2D eigenvalue weighted by molar-refractivity contribution is -0.109. The van der Waals surface area contributed by atoms with Gasteiger partial charge < -0.3 is 15.9 Å². The summed E-state index contributed by atoms with van der Waals surface area (Å²) in [5.74, 6) is -0.433. The Kier molecular flexibility index (Phi) is 3.58. The number of hydrogen-bond donors (Lipinski definition) is 2. The van der Waals surface area contributed by atoms with E-state index in [2.05, 4.69) is 6.08 Å². The minimum atomic E-state index is -0.433.